The van der Waals surface area contributed by atoms with Crippen LogP contribution in [0.25, 0.3) is 0 Å². The number of nitrogens with one attached hydrogen (secondary N) is 2. The van der Waals surface area contributed by atoms with Crippen LogP contribution >= 0.6 is 35.7 Å². The van der Waals surface area contributed by atoms with Gasteiger partial charge in [-0.25, -0.2) is 0 Å². The molecule has 4 nitrogen and oxygen atoms in total. The number of benzene rings is 1. The molecule has 3 unspecified atom stereocenters. The largest absolute Gasteiger partial charge is 0.375 e. The van der Waals surface area contributed by atoms with Crippen molar-refractivity contribution in [3.8, 4) is 0 Å². The summed E-state index contributed by atoms with van der Waals surface area (Å²) < 4.78 is 5.60. The Kier molecular flexibility index (Phi) is 10.8. The molecule has 6 heteroatoms. The predicted octanol–water partition coefficient (Wildman–Crippen LogP) is 3.83. The summed E-state index contributed by atoms with van der Waals surface area (Å²) in [7, 11) is 1.74. The number of methoxy groups -OCH3 is 1. The molecule has 0 bridgehead atoms. The molecule has 0 aromatic heterocycles. The maximum atomic E-state index is 5.60. The first-order valence-corrected chi connectivity index (χ1v) is 9.71. The van der Waals surface area contributed by atoms with E-state index in [0.29, 0.717) is 12.6 Å². The van der Waals surface area contributed by atoms with Crippen molar-refractivity contribution in [2.24, 2.45) is 4.99 Å². The molecule has 24 heavy (non-hydrogen) atoms. The summed E-state index contributed by atoms with van der Waals surface area (Å²) in [6, 6.07) is 10.8. The minimum absolute atomic E-state index is 0. The van der Waals surface area contributed by atoms with Crippen molar-refractivity contribution in [2.45, 2.75) is 43.6 Å². The monoisotopic (exact) mass is 463 g/mol. The van der Waals surface area contributed by atoms with E-state index in [-0.39, 0.29) is 30.1 Å². The Morgan fingerprint density at radius 1 is 1.33 bits per heavy atom. The highest BCUT2D eigenvalue weighted by Crippen LogP contribution is 2.28. The standard InChI is InChI=1S/C18H29N3OS.HI/c1-4-19-18(21-15-10-11-16(12-15)23-3)20-13-17(22-2)14-8-6-5-7-9-14;/h5-9,15-17H,4,10-13H2,1-3H3,(H2,19,20,21);1H. The Morgan fingerprint density at radius 3 is 2.67 bits per heavy atom. The first kappa shape index (κ1) is 21.6. The third-order valence-corrected chi connectivity index (χ3v) is 5.37. The number of hydrogen-bond donors (Lipinski definition) is 2. The first-order chi connectivity index (χ1) is 11.3. The Hall–Kier alpha value is -0.470. The molecule has 2 N–H and O–H groups in total. The second-order valence-corrected chi connectivity index (χ2v) is 7.00. The maximum absolute atomic E-state index is 5.60. The number of rotatable bonds is 7. The molecule has 1 saturated carbocycles. The van der Waals surface area contributed by atoms with Gasteiger partial charge in [-0.15, -0.1) is 24.0 Å². The van der Waals surface area contributed by atoms with Crippen molar-refractivity contribution in [3.63, 3.8) is 0 Å². The average Bonchev–Trinajstić information content (AvgIpc) is 3.04. The van der Waals surface area contributed by atoms with Gasteiger partial charge in [-0.1, -0.05) is 30.3 Å². The highest BCUT2D eigenvalue weighted by molar-refractivity contribution is 14.0. The van der Waals surface area contributed by atoms with Gasteiger partial charge in [0.05, 0.1) is 6.54 Å². The Morgan fingerprint density at radius 2 is 2.08 bits per heavy atom. The third-order valence-electron chi connectivity index (χ3n) is 4.27. The van der Waals surface area contributed by atoms with Gasteiger partial charge in [0, 0.05) is 24.9 Å². The second-order valence-electron chi connectivity index (χ2n) is 5.87. The van der Waals surface area contributed by atoms with Crippen molar-refractivity contribution in [1.29, 1.82) is 0 Å². The molecular weight excluding hydrogens is 433 g/mol. The van der Waals surface area contributed by atoms with Gasteiger partial charge in [0.1, 0.15) is 6.10 Å². The second kappa shape index (κ2) is 12.0. The van der Waals surface area contributed by atoms with Crippen LogP contribution in [-0.4, -0.2) is 43.7 Å². The van der Waals surface area contributed by atoms with Crippen molar-refractivity contribution < 1.29 is 4.74 Å². The fraction of sp³-hybridized carbons (Fsp3) is 0.611. The maximum Gasteiger partial charge on any atom is 0.191 e. The predicted molar refractivity (Wildman–Crippen MR) is 116 cm³/mol. The van der Waals surface area contributed by atoms with Crippen LogP contribution in [-0.2, 0) is 4.74 Å². The third kappa shape index (κ3) is 6.80. The van der Waals surface area contributed by atoms with E-state index < -0.39 is 0 Å². The number of ether oxygens (including phenoxy) is 1. The molecule has 2 rings (SSSR count). The molecule has 3 atom stereocenters. The molecular formula is C18H30IN3OS. The van der Waals surface area contributed by atoms with Gasteiger partial charge in [0.2, 0.25) is 0 Å². The lowest BCUT2D eigenvalue weighted by molar-refractivity contribution is 0.111. The number of halogens is 1. The first-order valence-electron chi connectivity index (χ1n) is 8.42. The number of hydrogen-bond acceptors (Lipinski definition) is 3. The quantitative estimate of drug-likeness (QED) is 0.367. The summed E-state index contributed by atoms with van der Waals surface area (Å²) in [6.07, 6.45) is 5.94. The van der Waals surface area contributed by atoms with E-state index in [1.165, 1.54) is 19.3 Å². The number of guanidine groups is 1. The van der Waals surface area contributed by atoms with Gasteiger partial charge < -0.3 is 15.4 Å². The van der Waals surface area contributed by atoms with Gasteiger partial charge >= 0.3 is 0 Å². The SMILES string of the molecule is CCNC(=NCC(OC)c1ccccc1)NC1CCC(SC)C1.I. The number of nitrogens with zero attached hydrogens (tertiary/aromatic N) is 1. The van der Waals surface area contributed by atoms with E-state index >= 15 is 0 Å². The lowest BCUT2D eigenvalue weighted by Crippen LogP contribution is -2.42. The zero-order valence-electron chi connectivity index (χ0n) is 14.8. The van der Waals surface area contributed by atoms with Crippen molar-refractivity contribution in [1.82, 2.24) is 10.6 Å². The number of aliphatic imine (C=N–C) groups is 1. The van der Waals surface area contributed by atoms with Gasteiger partial charge in [-0.2, -0.15) is 11.8 Å². The van der Waals surface area contributed by atoms with Crippen molar-refractivity contribution in [2.75, 3.05) is 26.5 Å². The fourth-order valence-corrected chi connectivity index (χ4v) is 3.75. The van der Waals surface area contributed by atoms with E-state index in [1.54, 1.807) is 7.11 Å². The van der Waals surface area contributed by atoms with Crippen LogP contribution in [0.5, 0.6) is 0 Å². The zero-order chi connectivity index (χ0) is 16.5. The van der Waals surface area contributed by atoms with Crippen LogP contribution in [0.3, 0.4) is 0 Å². The molecule has 136 valence electrons. The van der Waals surface area contributed by atoms with Crippen LogP contribution in [0.2, 0.25) is 0 Å². The van der Waals surface area contributed by atoms with Crippen LogP contribution in [0.15, 0.2) is 35.3 Å². The van der Waals surface area contributed by atoms with Crippen molar-refractivity contribution >= 4 is 41.7 Å². The molecule has 0 aliphatic heterocycles. The van der Waals surface area contributed by atoms with E-state index in [2.05, 4.69) is 35.9 Å². The molecule has 0 radical (unpaired) electrons. The molecule has 1 aromatic rings. The van der Waals surface area contributed by atoms with Crippen LogP contribution in [0, 0.1) is 0 Å². The summed E-state index contributed by atoms with van der Waals surface area (Å²) in [6.45, 7) is 3.59. The topological polar surface area (TPSA) is 45.7 Å². The van der Waals surface area contributed by atoms with E-state index in [1.807, 2.05) is 30.0 Å². The molecule has 1 aliphatic rings. The summed E-state index contributed by atoms with van der Waals surface area (Å²) in [5.41, 5.74) is 1.16. The summed E-state index contributed by atoms with van der Waals surface area (Å²) in [4.78, 5) is 4.74. The summed E-state index contributed by atoms with van der Waals surface area (Å²) in [5.74, 6) is 0.900. The fourth-order valence-electron chi connectivity index (χ4n) is 2.96. The highest BCUT2D eigenvalue weighted by Gasteiger charge is 2.24. The molecule has 0 amide bonds. The van der Waals surface area contributed by atoms with E-state index in [4.69, 9.17) is 9.73 Å². The summed E-state index contributed by atoms with van der Waals surface area (Å²) in [5, 5.41) is 7.72. The molecule has 1 fully saturated rings. The van der Waals surface area contributed by atoms with Gasteiger partial charge in [0.15, 0.2) is 5.96 Å². The lowest BCUT2D eigenvalue weighted by atomic mass is 10.1. The van der Waals surface area contributed by atoms with Crippen LogP contribution < -0.4 is 10.6 Å². The molecule has 1 aromatic carbocycles. The molecule has 1 aliphatic carbocycles. The van der Waals surface area contributed by atoms with Crippen LogP contribution in [0.4, 0.5) is 0 Å². The van der Waals surface area contributed by atoms with Crippen LogP contribution in [0.1, 0.15) is 37.9 Å². The van der Waals surface area contributed by atoms with E-state index in [0.717, 1.165) is 23.3 Å². The molecule has 0 saturated heterocycles. The van der Waals surface area contributed by atoms with Crippen molar-refractivity contribution in [3.05, 3.63) is 35.9 Å². The average molecular weight is 463 g/mol. The van der Waals surface area contributed by atoms with Gasteiger partial charge in [-0.05, 0) is 38.0 Å². The number of thioether (sulfide) groups is 1. The Bertz CT molecular complexity index is 486. The zero-order valence-corrected chi connectivity index (χ0v) is 18.0. The van der Waals surface area contributed by atoms with E-state index in [9.17, 15) is 0 Å². The van der Waals surface area contributed by atoms with Gasteiger partial charge in [-0.3, -0.25) is 4.99 Å². The Balaban J connectivity index is 0.00000288. The summed E-state index contributed by atoms with van der Waals surface area (Å²) >= 11 is 1.98. The minimum atomic E-state index is -0.00539. The van der Waals surface area contributed by atoms with Gasteiger partial charge in [0.25, 0.3) is 0 Å². The smallest absolute Gasteiger partial charge is 0.191 e. The highest BCUT2D eigenvalue weighted by atomic mass is 127. The molecule has 0 heterocycles. The normalized spacial score (nSPS) is 21.9. The Labute approximate surface area is 167 Å². The molecule has 0 spiro atoms. The lowest BCUT2D eigenvalue weighted by Gasteiger charge is -2.19. The minimum Gasteiger partial charge on any atom is -0.375 e.